The second-order valence-corrected chi connectivity index (χ2v) is 10.5. The number of aryl methyl sites for hydroxylation is 1. The Kier molecular flexibility index (Phi) is 7.21. The normalized spacial score (nSPS) is 13.5. The van der Waals surface area contributed by atoms with Crippen LogP contribution in [0.15, 0.2) is 58.5 Å². The number of hydrogen-bond acceptors (Lipinski definition) is 6. The van der Waals surface area contributed by atoms with Gasteiger partial charge in [-0.15, -0.1) is 11.3 Å². The van der Waals surface area contributed by atoms with E-state index in [-0.39, 0.29) is 12.5 Å². The molecule has 1 atom stereocenters. The van der Waals surface area contributed by atoms with Gasteiger partial charge in [-0.25, -0.2) is 4.79 Å². The van der Waals surface area contributed by atoms with E-state index < -0.39 is 23.8 Å². The van der Waals surface area contributed by atoms with Gasteiger partial charge in [-0.05, 0) is 72.2 Å². The first-order chi connectivity index (χ1) is 18.7. The van der Waals surface area contributed by atoms with Crippen molar-refractivity contribution in [2.45, 2.75) is 32.9 Å². The Labute approximate surface area is 228 Å². The maximum atomic E-state index is 13.2. The van der Waals surface area contributed by atoms with Gasteiger partial charge in [0, 0.05) is 36.1 Å². The van der Waals surface area contributed by atoms with Crippen molar-refractivity contribution in [1.82, 2.24) is 15.5 Å². The molecule has 5 rings (SSSR count). The number of carbonyl (C=O) groups is 4. The zero-order valence-electron chi connectivity index (χ0n) is 21.4. The molecule has 3 N–H and O–H groups in total. The number of nitrogens with one attached hydrogen (secondary N) is 2. The standard InChI is InChI=1S/C29H27N3O6S/c1-16-12-20-15-32(28(35)19-6-5-18-8-10-38-23(18)13-19)9-7-21(20)17(2)25(16)27(34)31-22(29(36)37)14-30-26(33)24-4-3-11-39-24/h3-6,8,10-13,22H,7,9,14-15H2,1-2H3,(H,30,33)(H,31,34)(H,36,37). The summed E-state index contributed by atoms with van der Waals surface area (Å²) in [5.41, 5.74) is 5.00. The van der Waals surface area contributed by atoms with Crippen molar-refractivity contribution in [3.05, 3.63) is 92.4 Å². The van der Waals surface area contributed by atoms with E-state index >= 15 is 0 Å². The molecular weight excluding hydrogens is 518 g/mol. The Hall–Kier alpha value is -4.44. The van der Waals surface area contributed by atoms with Crippen molar-refractivity contribution in [2.24, 2.45) is 0 Å². The quantitative estimate of drug-likeness (QED) is 0.323. The first-order valence-electron chi connectivity index (χ1n) is 12.5. The summed E-state index contributed by atoms with van der Waals surface area (Å²) in [6, 6.07) is 11.2. The van der Waals surface area contributed by atoms with Crippen LogP contribution in [0.25, 0.3) is 11.0 Å². The molecule has 1 aliphatic rings. The van der Waals surface area contributed by atoms with Crippen LogP contribution in [0.5, 0.6) is 0 Å². The number of amides is 3. The summed E-state index contributed by atoms with van der Waals surface area (Å²) in [4.78, 5) is 52.8. The molecule has 0 saturated heterocycles. The summed E-state index contributed by atoms with van der Waals surface area (Å²) < 4.78 is 5.44. The summed E-state index contributed by atoms with van der Waals surface area (Å²) in [7, 11) is 0. The Morgan fingerprint density at radius 2 is 1.92 bits per heavy atom. The predicted molar refractivity (Wildman–Crippen MR) is 146 cm³/mol. The molecule has 0 fully saturated rings. The van der Waals surface area contributed by atoms with E-state index in [1.807, 2.05) is 25.1 Å². The van der Waals surface area contributed by atoms with Crippen LogP contribution in [-0.4, -0.2) is 52.8 Å². The highest BCUT2D eigenvalue weighted by Crippen LogP contribution is 2.29. The molecule has 3 amide bonds. The minimum Gasteiger partial charge on any atom is -0.480 e. The van der Waals surface area contributed by atoms with Crippen molar-refractivity contribution < 1.29 is 28.7 Å². The van der Waals surface area contributed by atoms with Crippen LogP contribution >= 0.6 is 11.3 Å². The SMILES string of the molecule is Cc1cc2c(c(C)c1C(=O)NC(CNC(=O)c1cccs1)C(=O)O)CCN(C(=O)c1ccc3ccoc3c1)C2. The van der Waals surface area contributed by atoms with E-state index in [4.69, 9.17) is 4.42 Å². The molecule has 4 aromatic rings. The lowest BCUT2D eigenvalue weighted by Gasteiger charge is -2.31. The predicted octanol–water partition coefficient (Wildman–Crippen LogP) is 3.92. The number of carbonyl (C=O) groups excluding carboxylic acids is 3. The first kappa shape index (κ1) is 26.2. The van der Waals surface area contributed by atoms with Crippen molar-refractivity contribution in [1.29, 1.82) is 0 Å². The molecular formula is C29H27N3O6S. The van der Waals surface area contributed by atoms with E-state index in [0.717, 1.165) is 22.1 Å². The van der Waals surface area contributed by atoms with Crippen molar-refractivity contribution in [2.75, 3.05) is 13.1 Å². The van der Waals surface area contributed by atoms with Crippen LogP contribution in [0.4, 0.5) is 0 Å². The van der Waals surface area contributed by atoms with Crippen molar-refractivity contribution in [3.63, 3.8) is 0 Å². The summed E-state index contributed by atoms with van der Waals surface area (Å²) in [5.74, 6) is -2.25. The van der Waals surface area contributed by atoms with Gasteiger partial charge in [0.25, 0.3) is 17.7 Å². The van der Waals surface area contributed by atoms with E-state index in [2.05, 4.69) is 10.6 Å². The molecule has 0 spiro atoms. The van der Waals surface area contributed by atoms with Gasteiger partial charge < -0.3 is 25.1 Å². The van der Waals surface area contributed by atoms with Gasteiger partial charge in [0.15, 0.2) is 0 Å². The number of hydrogen-bond donors (Lipinski definition) is 3. The topological polar surface area (TPSA) is 129 Å². The zero-order chi connectivity index (χ0) is 27.7. The number of benzene rings is 2. The minimum absolute atomic E-state index is 0.0926. The molecule has 1 aliphatic heterocycles. The lowest BCUT2D eigenvalue weighted by molar-refractivity contribution is -0.139. The van der Waals surface area contributed by atoms with Crippen LogP contribution in [0, 0.1) is 13.8 Å². The number of nitrogens with zero attached hydrogens (tertiary/aromatic N) is 1. The number of rotatable bonds is 7. The molecule has 0 bridgehead atoms. The number of thiophene rings is 1. The van der Waals surface area contributed by atoms with E-state index in [0.29, 0.717) is 46.7 Å². The third kappa shape index (κ3) is 5.28. The van der Waals surface area contributed by atoms with E-state index in [9.17, 15) is 24.3 Å². The van der Waals surface area contributed by atoms with E-state index in [1.54, 1.807) is 47.7 Å². The monoisotopic (exact) mass is 545 g/mol. The van der Waals surface area contributed by atoms with Gasteiger partial charge >= 0.3 is 5.97 Å². The molecule has 2 aromatic heterocycles. The van der Waals surface area contributed by atoms with Crippen molar-refractivity contribution in [3.8, 4) is 0 Å². The largest absolute Gasteiger partial charge is 0.480 e. The fourth-order valence-corrected chi connectivity index (χ4v) is 5.68. The highest BCUT2D eigenvalue weighted by molar-refractivity contribution is 7.12. The Bertz CT molecular complexity index is 1590. The highest BCUT2D eigenvalue weighted by atomic mass is 32.1. The van der Waals surface area contributed by atoms with Gasteiger partial charge in [0.05, 0.1) is 11.1 Å². The molecule has 0 aliphatic carbocycles. The molecule has 1 unspecified atom stereocenters. The third-order valence-corrected chi connectivity index (χ3v) is 7.89. The first-order valence-corrected chi connectivity index (χ1v) is 13.3. The molecule has 9 nitrogen and oxygen atoms in total. The number of fused-ring (bicyclic) bond motifs is 2. The maximum Gasteiger partial charge on any atom is 0.328 e. The van der Waals surface area contributed by atoms with Crippen LogP contribution in [0.1, 0.15) is 52.6 Å². The smallest absolute Gasteiger partial charge is 0.328 e. The molecule has 3 heterocycles. The number of aliphatic carboxylic acids is 1. The molecule has 0 radical (unpaired) electrons. The Morgan fingerprint density at radius 1 is 1.10 bits per heavy atom. The average Bonchev–Trinajstić information content (AvgIpc) is 3.62. The van der Waals surface area contributed by atoms with Crippen LogP contribution in [0.2, 0.25) is 0 Å². The van der Waals surface area contributed by atoms with Gasteiger partial charge in [-0.2, -0.15) is 0 Å². The molecule has 2 aromatic carbocycles. The van der Waals surface area contributed by atoms with Gasteiger partial charge in [-0.1, -0.05) is 18.2 Å². The maximum absolute atomic E-state index is 13.2. The van der Waals surface area contributed by atoms with Crippen molar-refractivity contribution >= 4 is 46.0 Å². The average molecular weight is 546 g/mol. The van der Waals surface area contributed by atoms with Gasteiger partial charge in [0.1, 0.15) is 11.6 Å². The van der Waals surface area contributed by atoms with Gasteiger partial charge in [-0.3, -0.25) is 14.4 Å². The number of furan rings is 1. The fraction of sp³-hybridized carbons (Fsp3) is 0.241. The lowest BCUT2D eigenvalue weighted by Crippen LogP contribution is -2.48. The molecule has 200 valence electrons. The van der Waals surface area contributed by atoms with Crippen LogP contribution in [0.3, 0.4) is 0 Å². The number of carboxylic acid groups (broad SMARTS) is 1. The molecule has 10 heteroatoms. The second kappa shape index (κ2) is 10.7. The third-order valence-electron chi connectivity index (χ3n) is 7.03. The number of carboxylic acids is 1. The van der Waals surface area contributed by atoms with Crippen LogP contribution in [-0.2, 0) is 17.8 Å². The highest BCUT2D eigenvalue weighted by Gasteiger charge is 2.28. The lowest BCUT2D eigenvalue weighted by atomic mass is 9.88. The minimum atomic E-state index is -1.30. The summed E-state index contributed by atoms with van der Waals surface area (Å²) in [5, 5.41) is 17.5. The van der Waals surface area contributed by atoms with Crippen LogP contribution < -0.4 is 10.6 Å². The zero-order valence-corrected chi connectivity index (χ0v) is 22.3. The summed E-state index contributed by atoms with van der Waals surface area (Å²) in [6.07, 6.45) is 2.16. The molecule has 39 heavy (non-hydrogen) atoms. The molecule has 0 saturated carbocycles. The fourth-order valence-electron chi connectivity index (χ4n) is 5.04. The van der Waals surface area contributed by atoms with E-state index in [1.165, 1.54) is 11.3 Å². The summed E-state index contributed by atoms with van der Waals surface area (Å²) >= 11 is 1.24. The Balaban J connectivity index is 1.30. The second-order valence-electron chi connectivity index (χ2n) is 9.53. The van der Waals surface area contributed by atoms with Gasteiger partial charge in [0.2, 0.25) is 0 Å². The summed E-state index contributed by atoms with van der Waals surface area (Å²) in [6.45, 7) is 4.28. The Morgan fingerprint density at radius 3 is 2.67 bits per heavy atom.